The second kappa shape index (κ2) is 2.94. The molecule has 0 N–H and O–H groups in total. The highest BCUT2D eigenvalue weighted by atomic mass is 15.4. The van der Waals surface area contributed by atoms with Gasteiger partial charge in [-0.1, -0.05) is 6.92 Å². The molecule has 1 rings (SSSR count). The van der Waals surface area contributed by atoms with Gasteiger partial charge in [-0.2, -0.15) is 5.26 Å². The summed E-state index contributed by atoms with van der Waals surface area (Å²) in [5.41, 5.74) is -0.0535. The van der Waals surface area contributed by atoms with Crippen LogP contribution in [0.1, 0.15) is 33.0 Å². The fraction of sp³-hybridized carbons (Fsp3) is 0.625. The number of hydrogen-bond acceptors (Lipinski definition) is 3. The van der Waals surface area contributed by atoms with Crippen molar-refractivity contribution in [2.45, 2.75) is 32.7 Å². The van der Waals surface area contributed by atoms with Gasteiger partial charge >= 0.3 is 0 Å². The SMILES string of the molecule is CCC(C)(C)n1cnc(C#N)n1. The van der Waals surface area contributed by atoms with Gasteiger partial charge in [0.05, 0.1) is 5.54 Å². The van der Waals surface area contributed by atoms with Crippen molar-refractivity contribution in [1.82, 2.24) is 14.8 Å². The number of hydrogen-bond donors (Lipinski definition) is 0. The molecule has 0 saturated carbocycles. The second-order valence-electron chi connectivity index (χ2n) is 3.29. The van der Waals surface area contributed by atoms with Gasteiger partial charge < -0.3 is 0 Å². The number of rotatable bonds is 2. The highest BCUT2D eigenvalue weighted by molar-refractivity contribution is 5.06. The van der Waals surface area contributed by atoms with Crippen LogP contribution in [0.3, 0.4) is 0 Å². The van der Waals surface area contributed by atoms with E-state index in [0.29, 0.717) is 0 Å². The molecule has 1 heterocycles. The van der Waals surface area contributed by atoms with Gasteiger partial charge in [-0.15, -0.1) is 5.10 Å². The molecule has 0 bridgehead atoms. The number of nitriles is 1. The lowest BCUT2D eigenvalue weighted by Crippen LogP contribution is -2.25. The zero-order valence-electron chi connectivity index (χ0n) is 7.57. The molecule has 1 aromatic rings. The third kappa shape index (κ3) is 1.45. The second-order valence-corrected chi connectivity index (χ2v) is 3.29. The van der Waals surface area contributed by atoms with Gasteiger partial charge in [0.2, 0.25) is 0 Å². The van der Waals surface area contributed by atoms with E-state index >= 15 is 0 Å². The summed E-state index contributed by atoms with van der Waals surface area (Å²) in [6.45, 7) is 6.19. The van der Waals surface area contributed by atoms with Crippen molar-refractivity contribution in [3.8, 4) is 6.07 Å². The maximum Gasteiger partial charge on any atom is 0.252 e. The number of nitrogens with zero attached hydrogens (tertiary/aromatic N) is 4. The van der Waals surface area contributed by atoms with Crippen molar-refractivity contribution in [3.05, 3.63) is 12.2 Å². The van der Waals surface area contributed by atoms with E-state index in [4.69, 9.17) is 5.26 Å². The van der Waals surface area contributed by atoms with Crippen molar-refractivity contribution in [1.29, 1.82) is 5.26 Å². The molecule has 0 fully saturated rings. The summed E-state index contributed by atoms with van der Waals surface area (Å²) in [6, 6.07) is 1.90. The topological polar surface area (TPSA) is 54.5 Å². The van der Waals surface area contributed by atoms with Crippen LogP contribution in [0.2, 0.25) is 0 Å². The highest BCUT2D eigenvalue weighted by Gasteiger charge is 2.18. The van der Waals surface area contributed by atoms with E-state index < -0.39 is 0 Å². The zero-order chi connectivity index (χ0) is 9.19. The van der Waals surface area contributed by atoms with Crippen LogP contribution in [0.5, 0.6) is 0 Å². The Labute approximate surface area is 71.8 Å². The summed E-state index contributed by atoms with van der Waals surface area (Å²) in [7, 11) is 0. The van der Waals surface area contributed by atoms with Crippen LogP contribution < -0.4 is 0 Å². The van der Waals surface area contributed by atoms with Gasteiger partial charge in [0, 0.05) is 0 Å². The Balaban J connectivity index is 2.98. The minimum absolute atomic E-state index is 0.0535. The van der Waals surface area contributed by atoms with Crippen LogP contribution in [-0.4, -0.2) is 14.8 Å². The van der Waals surface area contributed by atoms with Gasteiger partial charge in [-0.25, -0.2) is 9.67 Å². The summed E-state index contributed by atoms with van der Waals surface area (Å²) in [5.74, 6) is 0.233. The van der Waals surface area contributed by atoms with Crippen LogP contribution in [-0.2, 0) is 5.54 Å². The van der Waals surface area contributed by atoms with E-state index in [0.717, 1.165) is 6.42 Å². The van der Waals surface area contributed by atoms with Crippen molar-refractivity contribution in [2.75, 3.05) is 0 Å². The van der Waals surface area contributed by atoms with E-state index in [1.54, 1.807) is 11.0 Å². The lowest BCUT2D eigenvalue weighted by Gasteiger charge is -2.22. The van der Waals surface area contributed by atoms with E-state index in [1.807, 2.05) is 6.07 Å². The highest BCUT2D eigenvalue weighted by Crippen LogP contribution is 2.16. The summed E-state index contributed by atoms with van der Waals surface area (Å²) < 4.78 is 1.73. The first-order valence-electron chi connectivity index (χ1n) is 3.92. The van der Waals surface area contributed by atoms with Crippen LogP contribution in [0.15, 0.2) is 6.33 Å². The van der Waals surface area contributed by atoms with Crippen LogP contribution in [0.4, 0.5) is 0 Å². The minimum Gasteiger partial charge on any atom is -0.246 e. The predicted molar refractivity (Wildman–Crippen MR) is 44.4 cm³/mol. The fourth-order valence-corrected chi connectivity index (χ4v) is 0.768. The molecule has 0 aliphatic heterocycles. The Kier molecular flexibility index (Phi) is 2.13. The standard InChI is InChI=1S/C8H12N4/c1-4-8(2,3)12-6-10-7(5-9)11-12/h6H,4H2,1-3H3. The first-order valence-corrected chi connectivity index (χ1v) is 3.92. The molecule has 0 spiro atoms. The van der Waals surface area contributed by atoms with E-state index in [2.05, 4.69) is 30.9 Å². The van der Waals surface area contributed by atoms with Crippen LogP contribution in [0.25, 0.3) is 0 Å². The monoisotopic (exact) mass is 164 g/mol. The summed E-state index contributed by atoms with van der Waals surface area (Å²) in [4.78, 5) is 3.84. The predicted octanol–water partition coefficient (Wildman–Crippen LogP) is 1.29. The van der Waals surface area contributed by atoms with Crippen LogP contribution >= 0.6 is 0 Å². The molecule has 0 radical (unpaired) electrons. The first-order chi connectivity index (χ1) is 5.60. The van der Waals surface area contributed by atoms with E-state index in [9.17, 15) is 0 Å². The molecule has 4 heteroatoms. The maximum absolute atomic E-state index is 8.50. The van der Waals surface area contributed by atoms with Gasteiger partial charge in [-0.05, 0) is 20.3 Å². The molecule has 64 valence electrons. The van der Waals surface area contributed by atoms with E-state index in [1.165, 1.54) is 0 Å². The molecular formula is C8H12N4. The van der Waals surface area contributed by atoms with Crippen molar-refractivity contribution >= 4 is 0 Å². The lowest BCUT2D eigenvalue weighted by atomic mass is 10.0. The molecule has 12 heavy (non-hydrogen) atoms. The molecule has 0 unspecified atom stereocenters. The molecular weight excluding hydrogens is 152 g/mol. The molecule has 4 nitrogen and oxygen atoms in total. The van der Waals surface area contributed by atoms with Gasteiger partial charge in [0.15, 0.2) is 0 Å². The molecule has 1 aromatic heterocycles. The van der Waals surface area contributed by atoms with Crippen molar-refractivity contribution in [3.63, 3.8) is 0 Å². The minimum atomic E-state index is -0.0535. The van der Waals surface area contributed by atoms with Gasteiger partial charge in [0.25, 0.3) is 5.82 Å². The lowest BCUT2D eigenvalue weighted by molar-refractivity contribution is 0.306. The molecule has 0 aliphatic carbocycles. The smallest absolute Gasteiger partial charge is 0.246 e. The van der Waals surface area contributed by atoms with Crippen LogP contribution in [0, 0.1) is 11.3 Å². The third-order valence-corrected chi connectivity index (χ3v) is 2.08. The normalized spacial score (nSPS) is 11.2. The van der Waals surface area contributed by atoms with Crippen molar-refractivity contribution < 1.29 is 0 Å². The maximum atomic E-state index is 8.50. The first kappa shape index (κ1) is 8.72. The van der Waals surface area contributed by atoms with Gasteiger partial charge in [0.1, 0.15) is 12.4 Å². The summed E-state index contributed by atoms with van der Waals surface area (Å²) in [6.07, 6.45) is 2.56. The average Bonchev–Trinajstić information content (AvgIpc) is 2.52. The quantitative estimate of drug-likeness (QED) is 0.661. The fourth-order valence-electron chi connectivity index (χ4n) is 0.768. The Morgan fingerprint density at radius 1 is 1.67 bits per heavy atom. The Morgan fingerprint density at radius 2 is 2.33 bits per heavy atom. The Bertz CT molecular complexity index is 305. The average molecular weight is 164 g/mol. The summed E-state index contributed by atoms with van der Waals surface area (Å²) >= 11 is 0. The molecule has 0 amide bonds. The zero-order valence-corrected chi connectivity index (χ0v) is 7.57. The molecule has 0 atom stereocenters. The van der Waals surface area contributed by atoms with Gasteiger partial charge in [-0.3, -0.25) is 0 Å². The molecule has 0 saturated heterocycles. The van der Waals surface area contributed by atoms with Crippen molar-refractivity contribution in [2.24, 2.45) is 0 Å². The largest absolute Gasteiger partial charge is 0.252 e. The van der Waals surface area contributed by atoms with E-state index in [-0.39, 0.29) is 11.4 Å². The Hall–Kier alpha value is -1.37. The third-order valence-electron chi connectivity index (χ3n) is 2.08. The Morgan fingerprint density at radius 3 is 2.75 bits per heavy atom. The number of aromatic nitrogens is 3. The summed E-state index contributed by atoms with van der Waals surface area (Å²) in [5, 5.41) is 12.5. The molecule has 0 aromatic carbocycles. The molecule has 0 aliphatic rings.